The van der Waals surface area contributed by atoms with E-state index in [1.165, 1.54) is 33.2 Å². The van der Waals surface area contributed by atoms with Crippen LogP contribution in [0.1, 0.15) is 36.1 Å². The van der Waals surface area contributed by atoms with Crippen LogP contribution in [0.3, 0.4) is 0 Å². The Kier molecular flexibility index (Phi) is 4.21. The molecule has 0 aliphatic carbocycles. The second kappa shape index (κ2) is 6.16. The van der Waals surface area contributed by atoms with Gasteiger partial charge < -0.3 is 0 Å². The molecule has 1 nitrogen and oxygen atoms in total. The van der Waals surface area contributed by atoms with E-state index < -0.39 is 0 Å². The summed E-state index contributed by atoms with van der Waals surface area (Å²) in [5.41, 5.74) is 8.81. The highest BCUT2D eigenvalue weighted by Crippen LogP contribution is 2.32. The molecule has 0 radical (unpaired) electrons. The van der Waals surface area contributed by atoms with E-state index >= 15 is 0 Å². The number of rotatable bonds is 3. The van der Waals surface area contributed by atoms with Crippen molar-refractivity contribution in [2.75, 3.05) is 0 Å². The predicted octanol–water partition coefficient (Wildman–Crippen LogP) is 6.03. The number of fused-ring (bicyclic) bond motifs is 1. The first-order valence-corrected chi connectivity index (χ1v) is 8.42. The highest BCUT2D eigenvalue weighted by molar-refractivity contribution is 5.87. The van der Waals surface area contributed by atoms with Crippen LogP contribution in [-0.2, 0) is 6.42 Å². The minimum atomic E-state index is 0.631. The Hall–Kier alpha value is -2.15. The SMILES string of the molecule is Cc1cc(C)cc(-c2nc3ccccc3c(CC(C)C)c2C)c1. The van der Waals surface area contributed by atoms with Crippen molar-refractivity contribution in [1.29, 1.82) is 0 Å². The molecular weight excluding hydrogens is 278 g/mol. The Morgan fingerprint density at radius 3 is 2.22 bits per heavy atom. The molecule has 0 saturated heterocycles. The van der Waals surface area contributed by atoms with Gasteiger partial charge in [0.05, 0.1) is 11.2 Å². The van der Waals surface area contributed by atoms with E-state index in [0.717, 1.165) is 17.6 Å². The van der Waals surface area contributed by atoms with E-state index in [0.29, 0.717) is 5.92 Å². The Bertz CT molecular complexity index is 839. The van der Waals surface area contributed by atoms with Crippen LogP contribution in [0, 0.1) is 26.7 Å². The van der Waals surface area contributed by atoms with Crippen LogP contribution >= 0.6 is 0 Å². The van der Waals surface area contributed by atoms with Gasteiger partial charge in [-0.3, -0.25) is 0 Å². The van der Waals surface area contributed by atoms with Gasteiger partial charge in [0.2, 0.25) is 0 Å². The molecule has 0 amide bonds. The van der Waals surface area contributed by atoms with E-state index in [1.807, 2.05) is 0 Å². The second-order valence-corrected chi connectivity index (χ2v) is 7.06. The summed E-state index contributed by atoms with van der Waals surface area (Å²) in [7, 11) is 0. The van der Waals surface area contributed by atoms with Crippen LogP contribution in [0.15, 0.2) is 42.5 Å². The third-order valence-corrected chi connectivity index (χ3v) is 4.38. The van der Waals surface area contributed by atoms with Gasteiger partial charge in [-0.05, 0) is 62.4 Å². The monoisotopic (exact) mass is 303 g/mol. The van der Waals surface area contributed by atoms with Crippen molar-refractivity contribution in [1.82, 2.24) is 4.98 Å². The lowest BCUT2D eigenvalue weighted by atomic mass is 9.91. The van der Waals surface area contributed by atoms with Crippen molar-refractivity contribution in [3.05, 3.63) is 64.7 Å². The summed E-state index contributed by atoms with van der Waals surface area (Å²) in [6, 6.07) is 15.2. The molecule has 3 aromatic rings. The minimum absolute atomic E-state index is 0.631. The zero-order valence-corrected chi connectivity index (χ0v) is 14.8. The van der Waals surface area contributed by atoms with E-state index in [1.54, 1.807) is 0 Å². The van der Waals surface area contributed by atoms with Gasteiger partial charge in [0.25, 0.3) is 0 Å². The van der Waals surface area contributed by atoms with Gasteiger partial charge >= 0.3 is 0 Å². The number of pyridine rings is 1. The quantitative estimate of drug-likeness (QED) is 0.576. The fraction of sp³-hybridized carbons (Fsp3) is 0.318. The van der Waals surface area contributed by atoms with Crippen molar-refractivity contribution in [2.45, 2.75) is 41.0 Å². The zero-order chi connectivity index (χ0) is 16.6. The first kappa shape index (κ1) is 15.7. The van der Waals surface area contributed by atoms with Gasteiger partial charge in [-0.15, -0.1) is 0 Å². The van der Waals surface area contributed by atoms with Gasteiger partial charge in [-0.25, -0.2) is 4.98 Å². The first-order valence-electron chi connectivity index (χ1n) is 8.42. The molecule has 0 saturated carbocycles. The Morgan fingerprint density at radius 1 is 0.913 bits per heavy atom. The van der Waals surface area contributed by atoms with Gasteiger partial charge in [0.15, 0.2) is 0 Å². The van der Waals surface area contributed by atoms with Crippen LogP contribution in [0.5, 0.6) is 0 Å². The molecule has 0 fully saturated rings. The third kappa shape index (κ3) is 3.14. The molecule has 0 spiro atoms. The molecule has 2 aromatic carbocycles. The average molecular weight is 303 g/mol. The van der Waals surface area contributed by atoms with Crippen LogP contribution < -0.4 is 0 Å². The number of hydrogen-bond acceptors (Lipinski definition) is 1. The van der Waals surface area contributed by atoms with E-state index in [2.05, 4.69) is 77.1 Å². The highest BCUT2D eigenvalue weighted by atomic mass is 14.7. The lowest BCUT2D eigenvalue weighted by Crippen LogP contribution is -2.02. The number of aryl methyl sites for hydroxylation is 2. The lowest BCUT2D eigenvalue weighted by Gasteiger charge is -2.17. The van der Waals surface area contributed by atoms with Crippen LogP contribution in [0.25, 0.3) is 22.2 Å². The molecule has 1 heteroatoms. The molecule has 0 atom stereocenters. The van der Waals surface area contributed by atoms with Crippen molar-refractivity contribution < 1.29 is 0 Å². The summed E-state index contributed by atoms with van der Waals surface area (Å²) in [4.78, 5) is 5.00. The largest absolute Gasteiger partial charge is 0.247 e. The summed E-state index contributed by atoms with van der Waals surface area (Å²) >= 11 is 0. The van der Waals surface area contributed by atoms with Gasteiger partial charge in [-0.2, -0.15) is 0 Å². The molecule has 3 rings (SSSR count). The van der Waals surface area contributed by atoms with Crippen molar-refractivity contribution in [3.8, 4) is 11.3 Å². The summed E-state index contributed by atoms with van der Waals surface area (Å²) in [6.45, 7) is 11.1. The summed E-state index contributed by atoms with van der Waals surface area (Å²) in [5, 5.41) is 1.30. The Morgan fingerprint density at radius 2 is 1.57 bits per heavy atom. The standard InChI is InChI=1S/C22H25N/c1-14(2)10-20-17(5)22(18-12-15(3)11-16(4)13-18)23-21-9-7-6-8-19(20)21/h6-9,11-14H,10H2,1-5H3. The fourth-order valence-electron chi connectivity index (χ4n) is 3.44. The molecule has 0 unspecified atom stereocenters. The zero-order valence-electron chi connectivity index (χ0n) is 14.8. The molecule has 0 bridgehead atoms. The number of hydrogen-bond donors (Lipinski definition) is 0. The van der Waals surface area contributed by atoms with Crippen molar-refractivity contribution >= 4 is 10.9 Å². The molecular formula is C22H25N. The normalized spacial score (nSPS) is 11.4. The number of para-hydroxylation sites is 1. The lowest BCUT2D eigenvalue weighted by molar-refractivity contribution is 0.648. The Balaban J connectivity index is 2.31. The molecule has 0 aliphatic heterocycles. The number of benzene rings is 2. The Labute approximate surface area is 139 Å². The fourth-order valence-corrected chi connectivity index (χ4v) is 3.44. The minimum Gasteiger partial charge on any atom is -0.247 e. The average Bonchev–Trinajstić information content (AvgIpc) is 2.48. The summed E-state index contributed by atoms with van der Waals surface area (Å²) < 4.78 is 0. The van der Waals surface area contributed by atoms with E-state index in [9.17, 15) is 0 Å². The van der Waals surface area contributed by atoms with Crippen LogP contribution in [-0.4, -0.2) is 4.98 Å². The van der Waals surface area contributed by atoms with Crippen molar-refractivity contribution in [3.63, 3.8) is 0 Å². The second-order valence-electron chi connectivity index (χ2n) is 7.06. The smallest absolute Gasteiger partial charge is 0.0741 e. The van der Waals surface area contributed by atoms with Gasteiger partial charge in [-0.1, -0.05) is 49.2 Å². The van der Waals surface area contributed by atoms with Crippen LogP contribution in [0.4, 0.5) is 0 Å². The molecule has 0 N–H and O–H groups in total. The van der Waals surface area contributed by atoms with Gasteiger partial charge in [0.1, 0.15) is 0 Å². The maximum atomic E-state index is 5.00. The molecule has 0 aliphatic rings. The van der Waals surface area contributed by atoms with E-state index in [4.69, 9.17) is 4.98 Å². The van der Waals surface area contributed by atoms with Crippen LogP contribution in [0.2, 0.25) is 0 Å². The van der Waals surface area contributed by atoms with Crippen molar-refractivity contribution in [2.24, 2.45) is 5.92 Å². The topological polar surface area (TPSA) is 12.9 Å². The van der Waals surface area contributed by atoms with Gasteiger partial charge in [0, 0.05) is 10.9 Å². The highest BCUT2D eigenvalue weighted by Gasteiger charge is 2.14. The maximum absolute atomic E-state index is 5.00. The number of nitrogens with zero attached hydrogens (tertiary/aromatic N) is 1. The molecule has 118 valence electrons. The molecule has 1 heterocycles. The first-order chi connectivity index (χ1) is 11.0. The summed E-state index contributed by atoms with van der Waals surface area (Å²) in [5.74, 6) is 0.631. The molecule has 23 heavy (non-hydrogen) atoms. The summed E-state index contributed by atoms with van der Waals surface area (Å²) in [6.07, 6.45) is 1.09. The maximum Gasteiger partial charge on any atom is 0.0741 e. The third-order valence-electron chi connectivity index (χ3n) is 4.38. The number of aromatic nitrogens is 1. The molecule has 1 aromatic heterocycles. The van der Waals surface area contributed by atoms with E-state index in [-0.39, 0.29) is 0 Å². The predicted molar refractivity (Wildman–Crippen MR) is 99.9 cm³/mol.